The lowest BCUT2D eigenvalue weighted by Gasteiger charge is -2.07. The third-order valence-corrected chi connectivity index (χ3v) is 1.86. The Morgan fingerprint density at radius 3 is 2.81 bits per heavy atom. The number of anilines is 1. The van der Waals surface area contributed by atoms with Crippen molar-refractivity contribution in [3.05, 3.63) is 36.0 Å². The fourth-order valence-corrected chi connectivity index (χ4v) is 1.19. The van der Waals surface area contributed by atoms with Gasteiger partial charge in [-0.15, -0.1) is 0 Å². The number of carbonyl (C=O) groups excluding carboxylic acids is 1. The minimum atomic E-state index is -0.400. The number of phenols is 1. The van der Waals surface area contributed by atoms with E-state index in [1.807, 2.05) is 0 Å². The van der Waals surface area contributed by atoms with Crippen molar-refractivity contribution in [3.63, 3.8) is 0 Å². The van der Waals surface area contributed by atoms with Gasteiger partial charge >= 0.3 is 5.97 Å². The molecule has 16 heavy (non-hydrogen) atoms. The highest BCUT2D eigenvalue weighted by molar-refractivity contribution is 5.83. The Labute approximate surface area is 94.6 Å². The summed E-state index contributed by atoms with van der Waals surface area (Å²) in [5, 5.41) is 12.4. The number of phenolic OH excluding ortho intramolecular Hbond substituents is 1. The minimum Gasteiger partial charge on any atom is -0.506 e. The predicted molar refractivity (Wildman–Crippen MR) is 62.1 cm³/mol. The van der Waals surface area contributed by atoms with Crippen LogP contribution >= 0.6 is 0 Å². The van der Waals surface area contributed by atoms with E-state index < -0.39 is 5.97 Å². The zero-order valence-corrected chi connectivity index (χ0v) is 9.36. The van der Waals surface area contributed by atoms with Gasteiger partial charge in [-0.25, -0.2) is 4.79 Å². The normalized spacial score (nSPS) is 11.0. The number of benzene rings is 1. The summed E-state index contributed by atoms with van der Waals surface area (Å²) < 4.78 is 4.76. The molecule has 0 aliphatic heterocycles. The fraction of sp³-hybridized carbons (Fsp3) is 0.250. The van der Waals surface area contributed by atoms with Gasteiger partial charge in [0.15, 0.2) is 0 Å². The molecule has 0 unspecified atom stereocenters. The highest BCUT2D eigenvalue weighted by Gasteiger charge is 2.01. The van der Waals surface area contributed by atoms with Crippen LogP contribution in [0.15, 0.2) is 36.0 Å². The molecule has 4 heteroatoms. The van der Waals surface area contributed by atoms with Crippen LogP contribution in [0, 0.1) is 0 Å². The number of para-hydroxylation sites is 2. The van der Waals surface area contributed by atoms with E-state index in [1.165, 1.54) is 6.08 Å². The molecule has 0 atom stereocenters. The summed E-state index contributed by atoms with van der Waals surface area (Å²) >= 11 is 0. The van der Waals surface area contributed by atoms with Crippen LogP contribution in [0.2, 0.25) is 0 Å². The quantitative estimate of drug-likeness (QED) is 0.465. The summed E-state index contributed by atoms with van der Waals surface area (Å²) in [5.41, 5.74) is 1.17. The van der Waals surface area contributed by atoms with Gasteiger partial charge in [-0.3, -0.25) is 0 Å². The first-order valence-electron chi connectivity index (χ1n) is 5.03. The number of esters is 1. The molecule has 0 heterocycles. The highest BCUT2D eigenvalue weighted by Crippen LogP contribution is 2.22. The van der Waals surface area contributed by atoms with Crippen LogP contribution in [-0.4, -0.2) is 17.7 Å². The maximum absolute atomic E-state index is 11.1. The molecule has 0 aliphatic rings. The average molecular weight is 221 g/mol. The van der Waals surface area contributed by atoms with Gasteiger partial charge in [-0.1, -0.05) is 12.1 Å². The van der Waals surface area contributed by atoms with Gasteiger partial charge in [0.25, 0.3) is 0 Å². The molecule has 2 N–H and O–H groups in total. The lowest BCUT2D eigenvalue weighted by molar-refractivity contribution is -0.137. The van der Waals surface area contributed by atoms with E-state index >= 15 is 0 Å². The number of aromatic hydroxyl groups is 1. The van der Waals surface area contributed by atoms with E-state index in [2.05, 4.69) is 5.32 Å². The Morgan fingerprint density at radius 1 is 1.50 bits per heavy atom. The van der Waals surface area contributed by atoms with Crippen LogP contribution in [0.4, 0.5) is 5.69 Å². The van der Waals surface area contributed by atoms with Gasteiger partial charge in [0, 0.05) is 11.8 Å². The molecule has 1 aromatic carbocycles. The van der Waals surface area contributed by atoms with Gasteiger partial charge in [0.1, 0.15) is 5.75 Å². The summed E-state index contributed by atoms with van der Waals surface area (Å²) in [6.45, 7) is 3.82. The SMILES string of the molecule is CCOC(=O)/C=C(\C)Nc1ccccc1O. The number of rotatable bonds is 4. The molecule has 0 aliphatic carbocycles. The molecule has 1 rings (SSSR count). The second-order valence-corrected chi connectivity index (χ2v) is 3.22. The standard InChI is InChI=1S/C12H15NO3/c1-3-16-12(15)8-9(2)13-10-6-4-5-7-11(10)14/h4-8,13-14H,3H2,1-2H3/b9-8+. The van der Waals surface area contributed by atoms with Crippen molar-refractivity contribution in [2.75, 3.05) is 11.9 Å². The number of allylic oxidation sites excluding steroid dienone is 1. The third kappa shape index (κ3) is 3.65. The summed E-state index contributed by atoms with van der Waals surface area (Å²) in [5.74, 6) is -0.262. The molecule has 0 radical (unpaired) electrons. The second-order valence-electron chi connectivity index (χ2n) is 3.22. The molecule has 1 aromatic rings. The Bertz CT molecular complexity index is 399. The maximum atomic E-state index is 11.1. The average Bonchev–Trinajstić information content (AvgIpc) is 2.21. The molecule has 4 nitrogen and oxygen atoms in total. The first-order chi connectivity index (χ1) is 7.63. The van der Waals surface area contributed by atoms with Crippen LogP contribution in [-0.2, 0) is 9.53 Å². The van der Waals surface area contributed by atoms with Gasteiger partial charge in [0.05, 0.1) is 12.3 Å². The van der Waals surface area contributed by atoms with Crippen LogP contribution < -0.4 is 5.32 Å². The van der Waals surface area contributed by atoms with Crippen molar-refractivity contribution < 1.29 is 14.6 Å². The number of hydrogen-bond acceptors (Lipinski definition) is 4. The highest BCUT2D eigenvalue weighted by atomic mass is 16.5. The molecular weight excluding hydrogens is 206 g/mol. The van der Waals surface area contributed by atoms with E-state index in [-0.39, 0.29) is 5.75 Å². The Balaban J connectivity index is 2.67. The molecule has 0 bridgehead atoms. The Hall–Kier alpha value is -1.97. The van der Waals surface area contributed by atoms with E-state index in [0.717, 1.165) is 0 Å². The van der Waals surface area contributed by atoms with Crippen LogP contribution in [0.1, 0.15) is 13.8 Å². The molecule has 0 saturated carbocycles. The first-order valence-corrected chi connectivity index (χ1v) is 5.03. The largest absolute Gasteiger partial charge is 0.506 e. The van der Waals surface area contributed by atoms with Crippen molar-refractivity contribution in [1.29, 1.82) is 0 Å². The number of ether oxygens (including phenoxy) is 1. The van der Waals surface area contributed by atoms with Crippen LogP contribution in [0.5, 0.6) is 5.75 Å². The van der Waals surface area contributed by atoms with E-state index in [9.17, 15) is 9.90 Å². The zero-order chi connectivity index (χ0) is 12.0. The number of carbonyl (C=O) groups is 1. The van der Waals surface area contributed by atoms with Gasteiger partial charge in [-0.05, 0) is 26.0 Å². The molecule has 0 aromatic heterocycles. The van der Waals surface area contributed by atoms with E-state index in [0.29, 0.717) is 18.0 Å². The second kappa shape index (κ2) is 5.80. The van der Waals surface area contributed by atoms with Crippen molar-refractivity contribution in [2.45, 2.75) is 13.8 Å². The minimum absolute atomic E-state index is 0.138. The molecule has 0 fully saturated rings. The summed E-state index contributed by atoms with van der Waals surface area (Å²) in [6.07, 6.45) is 1.34. The van der Waals surface area contributed by atoms with Crippen LogP contribution in [0.3, 0.4) is 0 Å². The summed E-state index contributed by atoms with van der Waals surface area (Å²) in [4.78, 5) is 11.1. The van der Waals surface area contributed by atoms with Crippen molar-refractivity contribution >= 4 is 11.7 Å². The third-order valence-electron chi connectivity index (χ3n) is 1.86. The summed E-state index contributed by atoms with van der Waals surface area (Å²) in [7, 11) is 0. The van der Waals surface area contributed by atoms with Crippen molar-refractivity contribution in [3.8, 4) is 5.75 Å². The maximum Gasteiger partial charge on any atom is 0.332 e. The lowest BCUT2D eigenvalue weighted by atomic mass is 10.3. The molecular formula is C12H15NO3. The first kappa shape index (κ1) is 12.1. The fourth-order valence-electron chi connectivity index (χ4n) is 1.19. The molecule has 0 amide bonds. The zero-order valence-electron chi connectivity index (χ0n) is 9.36. The lowest BCUT2D eigenvalue weighted by Crippen LogP contribution is -2.04. The number of nitrogens with one attached hydrogen (secondary N) is 1. The van der Waals surface area contributed by atoms with Gasteiger partial charge in [0.2, 0.25) is 0 Å². The molecule has 0 spiro atoms. The Kier molecular flexibility index (Phi) is 4.39. The molecule has 86 valence electrons. The van der Waals surface area contributed by atoms with E-state index in [1.54, 1.807) is 38.1 Å². The van der Waals surface area contributed by atoms with Gasteiger partial charge in [-0.2, -0.15) is 0 Å². The monoisotopic (exact) mass is 221 g/mol. The van der Waals surface area contributed by atoms with Crippen LogP contribution in [0.25, 0.3) is 0 Å². The summed E-state index contributed by atoms with van der Waals surface area (Å²) in [6, 6.07) is 6.81. The van der Waals surface area contributed by atoms with E-state index in [4.69, 9.17) is 4.74 Å². The smallest absolute Gasteiger partial charge is 0.332 e. The molecule has 0 saturated heterocycles. The topological polar surface area (TPSA) is 58.6 Å². The van der Waals surface area contributed by atoms with Crippen molar-refractivity contribution in [1.82, 2.24) is 0 Å². The Morgan fingerprint density at radius 2 is 2.19 bits per heavy atom. The number of hydrogen-bond donors (Lipinski definition) is 2. The van der Waals surface area contributed by atoms with Gasteiger partial charge < -0.3 is 15.2 Å². The predicted octanol–water partition coefficient (Wildman–Crippen LogP) is 2.27. The van der Waals surface area contributed by atoms with Crippen molar-refractivity contribution in [2.24, 2.45) is 0 Å².